The van der Waals surface area contributed by atoms with E-state index in [1.165, 1.54) is 17.2 Å². The van der Waals surface area contributed by atoms with Crippen LogP contribution in [0.3, 0.4) is 0 Å². The Bertz CT molecular complexity index is 1460. The zero-order valence-electron chi connectivity index (χ0n) is 24.1. The van der Waals surface area contributed by atoms with E-state index in [4.69, 9.17) is 11.6 Å². The highest BCUT2D eigenvalue weighted by Gasteiger charge is 2.39. The average molecular weight is 607 g/mol. The average Bonchev–Trinajstić information content (AvgIpc) is 3.04. The number of piperidine rings is 1. The summed E-state index contributed by atoms with van der Waals surface area (Å²) in [6, 6.07) is 20.5. The summed E-state index contributed by atoms with van der Waals surface area (Å²) in [5.74, 6) is -1.000. The molecular formula is C33H36ClFN4O4. The van der Waals surface area contributed by atoms with Crippen LogP contribution in [0.4, 0.5) is 10.1 Å². The number of fused-ring (bicyclic) bond motifs is 1. The highest BCUT2D eigenvalue weighted by atomic mass is 35.5. The van der Waals surface area contributed by atoms with Crippen molar-refractivity contribution in [3.8, 4) is 0 Å². The van der Waals surface area contributed by atoms with Crippen molar-refractivity contribution in [2.75, 3.05) is 25.0 Å². The minimum absolute atomic E-state index is 0.0150. The molecule has 3 amide bonds. The number of aryl methyl sites for hydroxylation is 1. The lowest BCUT2D eigenvalue weighted by atomic mass is 9.87. The molecule has 1 fully saturated rings. The van der Waals surface area contributed by atoms with Crippen LogP contribution in [0.2, 0.25) is 5.02 Å². The van der Waals surface area contributed by atoms with Crippen LogP contribution < -0.4 is 16.0 Å². The maximum absolute atomic E-state index is 14.1. The van der Waals surface area contributed by atoms with Gasteiger partial charge in [0.2, 0.25) is 18.2 Å². The number of hydrogen-bond acceptors (Lipinski definition) is 5. The third-order valence-corrected chi connectivity index (χ3v) is 8.36. The second-order valence-corrected chi connectivity index (χ2v) is 11.1. The van der Waals surface area contributed by atoms with Gasteiger partial charge in [-0.3, -0.25) is 19.2 Å². The van der Waals surface area contributed by atoms with Crippen LogP contribution in [0.5, 0.6) is 0 Å². The lowest BCUT2D eigenvalue weighted by Crippen LogP contribution is -2.59. The van der Waals surface area contributed by atoms with E-state index in [9.17, 15) is 23.6 Å². The van der Waals surface area contributed by atoms with E-state index in [1.54, 1.807) is 25.1 Å². The number of ketones is 1. The van der Waals surface area contributed by atoms with Gasteiger partial charge in [-0.1, -0.05) is 72.3 Å². The van der Waals surface area contributed by atoms with E-state index in [0.717, 1.165) is 13.0 Å². The summed E-state index contributed by atoms with van der Waals surface area (Å²) < 4.78 is 14.1. The van der Waals surface area contributed by atoms with E-state index in [1.807, 2.05) is 35.2 Å². The summed E-state index contributed by atoms with van der Waals surface area (Å²) in [5.41, 5.74) is 2.82. The van der Waals surface area contributed by atoms with E-state index >= 15 is 0 Å². The number of amides is 3. The number of nitrogens with zero attached hydrogens (tertiary/aromatic N) is 1. The Kier molecular flexibility index (Phi) is 11.0. The van der Waals surface area contributed by atoms with Crippen molar-refractivity contribution in [3.63, 3.8) is 0 Å². The van der Waals surface area contributed by atoms with Crippen LogP contribution in [0.25, 0.3) is 0 Å². The number of hydrogen-bond donors (Lipinski definition) is 3. The molecule has 0 bridgehead atoms. The van der Waals surface area contributed by atoms with Gasteiger partial charge < -0.3 is 20.9 Å². The highest BCUT2D eigenvalue weighted by molar-refractivity contribution is 6.31. The van der Waals surface area contributed by atoms with Gasteiger partial charge in [-0.05, 0) is 62.0 Å². The normalized spacial score (nSPS) is 15.3. The Hall–Kier alpha value is -4.08. The van der Waals surface area contributed by atoms with Gasteiger partial charge in [-0.2, -0.15) is 0 Å². The predicted octanol–water partition coefficient (Wildman–Crippen LogP) is 4.83. The standard InChI is InChI=1S/C19H19NO2.C14H17ClFN3O2/c21-18(16-7-2-1-3-8-16)10-11-19(22)20-13-12-15-6-4-5-9-17(15)14-20;1-9-2-3-10(12(16)11(9)15)19-13(21)14(18-8-20)4-6-17-7-5-14/h1-9H,10-14H2;2-3,8,17H,4-7H2,1H3,(H,18,20)(H,19,21). The van der Waals surface area contributed by atoms with Crippen LogP contribution in [0.15, 0.2) is 66.7 Å². The second-order valence-electron chi connectivity index (χ2n) is 10.7. The third-order valence-electron chi connectivity index (χ3n) is 7.90. The van der Waals surface area contributed by atoms with Crippen LogP contribution in [0.1, 0.15) is 52.7 Å². The van der Waals surface area contributed by atoms with Gasteiger partial charge in [0.15, 0.2) is 11.6 Å². The Morgan fingerprint density at radius 3 is 2.35 bits per heavy atom. The first-order valence-corrected chi connectivity index (χ1v) is 14.7. The molecule has 0 atom stereocenters. The quantitative estimate of drug-likeness (QED) is 0.252. The van der Waals surface area contributed by atoms with E-state index in [-0.39, 0.29) is 35.2 Å². The van der Waals surface area contributed by atoms with Gasteiger partial charge >= 0.3 is 0 Å². The summed E-state index contributed by atoms with van der Waals surface area (Å²) in [5, 5.41) is 8.20. The SMILES string of the molecule is Cc1ccc(NC(=O)C2(NC=O)CCNCC2)c(F)c1Cl.O=C(CCC(=O)N1CCc2ccccc2C1)c1ccccc1. The molecule has 0 spiro atoms. The minimum atomic E-state index is -1.02. The van der Waals surface area contributed by atoms with Crippen molar-refractivity contribution in [2.45, 2.75) is 51.1 Å². The van der Waals surface area contributed by atoms with Gasteiger partial charge in [0.25, 0.3) is 0 Å². The second kappa shape index (κ2) is 14.9. The summed E-state index contributed by atoms with van der Waals surface area (Å²) in [7, 11) is 0. The largest absolute Gasteiger partial charge is 0.344 e. The monoisotopic (exact) mass is 606 g/mol. The zero-order valence-corrected chi connectivity index (χ0v) is 24.9. The molecule has 0 saturated carbocycles. The molecule has 0 unspecified atom stereocenters. The molecule has 43 heavy (non-hydrogen) atoms. The lowest BCUT2D eigenvalue weighted by Gasteiger charge is -2.35. The van der Waals surface area contributed by atoms with Crippen molar-refractivity contribution < 1.29 is 23.6 Å². The Morgan fingerprint density at radius 1 is 0.977 bits per heavy atom. The first-order chi connectivity index (χ1) is 20.7. The van der Waals surface area contributed by atoms with Crippen LogP contribution in [-0.4, -0.2) is 54.1 Å². The molecule has 0 aliphatic carbocycles. The highest BCUT2D eigenvalue weighted by Crippen LogP contribution is 2.28. The van der Waals surface area contributed by atoms with E-state index in [0.29, 0.717) is 50.0 Å². The fourth-order valence-corrected chi connectivity index (χ4v) is 5.41. The number of benzene rings is 3. The molecule has 2 aliphatic heterocycles. The zero-order chi connectivity index (χ0) is 30.8. The number of anilines is 1. The Labute approximate surface area is 256 Å². The number of carbonyl (C=O) groups is 4. The van der Waals surface area contributed by atoms with Crippen LogP contribution >= 0.6 is 11.6 Å². The third kappa shape index (κ3) is 8.06. The molecule has 3 aromatic rings. The predicted molar refractivity (Wildman–Crippen MR) is 164 cm³/mol. The van der Waals surface area contributed by atoms with Crippen molar-refractivity contribution >= 4 is 41.3 Å². The molecule has 1 saturated heterocycles. The first-order valence-electron chi connectivity index (χ1n) is 14.3. The van der Waals surface area contributed by atoms with Crippen LogP contribution in [0, 0.1) is 12.7 Å². The van der Waals surface area contributed by atoms with E-state index < -0.39 is 17.3 Å². The number of carbonyl (C=O) groups excluding carboxylic acids is 4. The van der Waals surface area contributed by atoms with Gasteiger partial charge in [0, 0.05) is 31.5 Å². The number of rotatable bonds is 8. The number of halogens is 2. The summed E-state index contributed by atoms with van der Waals surface area (Å²) in [4.78, 5) is 49.5. The lowest BCUT2D eigenvalue weighted by molar-refractivity contribution is -0.132. The first kappa shape index (κ1) is 31.8. The number of nitrogens with one attached hydrogen (secondary N) is 3. The molecular weight excluding hydrogens is 571 g/mol. The van der Waals surface area contributed by atoms with Crippen molar-refractivity contribution in [1.29, 1.82) is 0 Å². The minimum Gasteiger partial charge on any atom is -0.344 e. The molecule has 2 aliphatic rings. The molecule has 3 aromatic carbocycles. The molecule has 5 rings (SSSR count). The maximum atomic E-state index is 14.1. The summed E-state index contributed by atoms with van der Waals surface area (Å²) in [6.07, 6.45) is 2.85. The number of Topliss-reactive ketones (excluding diaryl/α,β-unsaturated/α-hetero) is 1. The molecule has 0 radical (unpaired) electrons. The maximum Gasteiger partial charge on any atom is 0.250 e. The summed E-state index contributed by atoms with van der Waals surface area (Å²) in [6.45, 7) is 4.29. The van der Waals surface area contributed by atoms with Crippen LogP contribution in [-0.2, 0) is 27.3 Å². The van der Waals surface area contributed by atoms with Gasteiger partial charge in [-0.25, -0.2) is 4.39 Å². The molecule has 3 N–H and O–H groups in total. The van der Waals surface area contributed by atoms with Crippen molar-refractivity contribution in [1.82, 2.24) is 15.5 Å². The smallest absolute Gasteiger partial charge is 0.250 e. The van der Waals surface area contributed by atoms with Crippen molar-refractivity contribution in [2.24, 2.45) is 0 Å². The molecule has 2 heterocycles. The topological polar surface area (TPSA) is 108 Å². The Balaban J connectivity index is 0.000000197. The van der Waals surface area contributed by atoms with Crippen molar-refractivity contribution in [3.05, 3.63) is 99.8 Å². The molecule has 0 aromatic heterocycles. The fraction of sp³-hybridized carbons (Fsp3) is 0.333. The molecule has 8 nitrogen and oxygen atoms in total. The molecule has 226 valence electrons. The molecule has 10 heteroatoms. The van der Waals surface area contributed by atoms with Gasteiger partial charge in [-0.15, -0.1) is 0 Å². The van der Waals surface area contributed by atoms with Gasteiger partial charge in [0.05, 0.1) is 10.7 Å². The van der Waals surface area contributed by atoms with Gasteiger partial charge in [0.1, 0.15) is 5.54 Å². The summed E-state index contributed by atoms with van der Waals surface area (Å²) >= 11 is 5.84. The van der Waals surface area contributed by atoms with E-state index in [2.05, 4.69) is 28.1 Å². The Morgan fingerprint density at radius 2 is 1.65 bits per heavy atom. The fourth-order valence-electron chi connectivity index (χ4n) is 5.24.